The fourth-order valence-corrected chi connectivity index (χ4v) is 3.87. The van der Waals surface area contributed by atoms with Crippen LogP contribution in [0, 0.1) is 5.92 Å². The lowest BCUT2D eigenvalue weighted by atomic mass is 9.94. The molecule has 1 heterocycles. The maximum atomic E-state index is 3.75. The van der Waals surface area contributed by atoms with E-state index in [0.717, 1.165) is 24.5 Å². The molecule has 3 heteroatoms. The summed E-state index contributed by atoms with van der Waals surface area (Å²) in [6, 6.07) is 1.55. The second-order valence-electron chi connectivity index (χ2n) is 6.73. The van der Waals surface area contributed by atoms with E-state index in [1.807, 2.05) is 0 Å². The Labute approximate surface area is 119 Å². The summed E-state index contributed by atoms with van der Waals surface area (Å²) in [6.07, 6.45) is 8.49. The first-order valence-electron chi connectivity index (χ1n) is 8.33. The lowest BCUT2D eigenvalue weighted by Crippen LogP contribution is -2.42. The quantitative estimate of drug-likeness (QED) is 0.770. The molecule has 2 fully saturated rings. The van der Waals surface area contributed by atoms with Crippen molar-refractivity contribution in [3.8, 4) is 0 Å². The summed E-state index contributed by atoms with van der Waals surface area (Å²) in [5.74, 6) is 0.878. The van der Waals surface area contributed by atoms with Crippen molar-refractivity contribution in [2.45, 2.75) is 57.5 Å². The van der Waals surface area contributed by atoms with E-state index in [9.17, 15) is 0 Å². The van der Waals surface area contributed by atoms with Gasteiger partial charge < -0.3 is 15.1 Å². The van der Waals surface area contributed by atoms with Crippen LogP contribution < -0.4 is 5.32 Å². The number of hydrogen-bond acceptors (Lipinski definition) is 3. The third-order valence-electron chi connectivity index (χ3n) is 5.10. The zero-order valence-electron chi connectivity index (χ0n) is 13.2. The molecule has 0 aromatic carbocycles. The molecule has 0 aromatic heterocycles. The first-order chi connectivity index (χ1) is 9.20. The summed E-state index contributed by atoms with van der Waals surface area (Å²) in [5.41, 5.74) is 0. The second-order valence-corrected chi connectivity index (χ2v) is 6.73. The molecule has 2 aliphatic rings. The zero-order chi connectivity index (χ0) is 13.7. The third-order valence-corrected chi connectivity index (χ3v) is 5.10. The zero-order valence-corrected chi connectivity index (χ0v) is 13.2. The summed E-state index contributed by atoms with van der Waals surface area (Å²) in [7, 11) is 4.45. The predicted octanol–water partition coefficient (Wildman–Crippen LogP) is 2.18. The maximum Gasteiger partial charge on any atom is 0.0229 e. The van der Waals surface area contributed by atoms with Crippen molar-refractivity contribution in [3.05, 3.63) is 0 Å². The summed E-state index contributed by atoms with van der Waals surface area (Å²) < 4.78 is 0. The third kappa shape index (κ3) is 4.44. The van der Waals surface area contributed by atoms with Gasteiger partial charge in [0.25, 0.3) is 0 Å². The highest BCUT2D eigenvalue weighted by molar-refractivity contribution is 4.86. The van der Waals surface area contributed by atoms with Gasteiger partial charge in [-0.1, -0.05) is 26.2 Å². The Bertz CT molecular complexity index is 254. The smallest absolute Gasteiger partial charge is 0.0229 e. The molecule has 3 unspecified atom stereocenters. The van der Waals surface area contributed by atoms with Gasteiger partial charge in [-0.3, -0.25) is 0 Å². The average Bonchev–Trinajstić information content (AvgIpc) is 2.74. The largest absolute Gasteiger partial charge is 0.314 e. The molecular weight excluding hydrogens is 234 g/mol. The Morgan fingerprint density at radius 2 is 1.89 bits per heavy atom. The van der Waals surface area contributed by atoms with E-state index in [-0.39, 0.29) is 0 Å². The topological polar surface area (TPSA) is 18.5 Å². The number of rotatable bonds is 5. The molecule has 1 N–H and O–H groups in total. The number of likely N-dealkylation sites (N-methyl/N-ethyl adjacent to an activating group) is 1. The average molecular weight is 267 g/mol. The van der Waals surface area contributed by atoms with Crippen LogP contribution in [-0.2, 0) is 0 Å². The Morgan fingerprint density at radius 3 is 2.58 bits per heavy atom. The van der Waals surface area contributed by atoms with Gasteiger partial charge in [0.2, 0.25) is 0 Å². The minimum absolute atomic E-state index is 0.769. The minimum Gasteiger partial charge on any atom is -0.314 e. The molecule has 112 valence electrons. The Morgan fingerprint density at radius 1 is 1.11 bits per heavy atom. The van der Waals surface area contributed by atoms with Gasteiger partial charge in [-0.25, -0.2) is 0 Å². The summed E-state index contributed by atoms with van der Waals surface area (Å²) in [6.45, 7) is 7.28. The molecule has 0 amide bonds. The number of likely N-dealkylation sites (tertiary alicyclic amines) is 1. The first-order valence-corrected chi connectivity index (χ1v) is 8.33. The summed E-state index contributed by atoms with van der Waals surface area (Å²) >= 11 is 0. The summed E-state index contributed by atoms with van der Waals surface area (Å²) in [5, 5.41) is 3.75. The highest BCUT2D eigenvalue weighted by Gasteiger charge is 2.29. The minimum atomic E-state index is 0.769. The van der Waals surface area contributed by atoms with Gasteiger partial charge in [0.1, 0.15) is 0 Å². The molecule has 0 aromatic rings. The fourth-order valence-electron chi connectivity index (χ4n) is 3.87. The summed E-state index contributed by atoms with van der Waals surface area (Å²) in [4.78, 5) is 5.11. The Balaban J connectivity index is 1.85. The molecule has 1 aliphatic carbocycles. The second kappa shape index (κ2) is 7.61. The van der Waals surface area contributed by atoms with Gasteiger partial charge >= 0.3 is 0 Å². The first kappa shape index (κ1) is 15.3. The van der Waals surface area contributed by atoms with Crippen molar-refractivity contribution in [1.29, 1.82) is 0 Å². The standard InChI is InChI=1S/C16H33N3/c1-4-17-16-9-7-5-6-8-14(16)12-19-11-10-15(13-19)18(2)3/h14-17H,4-13H2,1-3H3. The maximum absolute atomic E-state index is 3.75. The predicted molar refractivity (Wildman–Crippen MR) is 82.6 cm³/mol. The van der Waals surface area contributed by atoms with Crippen LogP contribution in [0.15, 0.2) is 0 Å². The van der Waals surface area contributed by atoms with Gasteiger partial charge in [-0.2, -0.15) is 0 Å². The van der Waals surface area contributed by atoms with Gasteiger partial charge in [0.05, 0.1) is 0 Å². The van der Waals surface area contributed by atoms with Gasteiger partial charge in [0, 0.05) is 25.2 Å². The SMILES string of the molecule is CCNC1CCCCCC1CN1CCC(N(C)C)C1. The van der Waals surface area contributed by atoms with Crippen molar-refractivity contribution in [2.75, 3.05) is 40.3 Å². The molecule has 19 heavy (non-hydrogen) atoms. The highest BCUT2D eigenvalue weighted by Crippen LogP contribution is 2.26. The highest BCUT2D eigenvalue weighted by atomic mass is 15.2. The Hall–Kier alpha value is -0.120. The van der Waals surface area contributed by atoms with E-state index < -0.39 is 0 Å². The molecule has 2 rings (SSSR count). The van der Waals surface area contributed by atoms with Crippen LogP contribution in [0.4, 0.5) is 0 Å². The number of nitrogens with one attached hydrogen (secondary N) is 1. The van der Waals surface area contributed by atoms with Crippen molar-refractivity contribution in [1.82, 2.24) is 15.1 Å². The van der Waals surface area contributed by atoms with Crippen LogP contribution in [0.2, 0.25) is 0 Å². The normalized spacial score (nSPS) is 33.8. The van der Waals surface area contributed by atoms with Crippen LogP contribution in [-0.4, -0.2) is 62.2 Å². The lowest BCUT2D eigenvalue weighted by molar-refractivity contribution is 0.209. The molecule has 0 spiro atoms. The van der Waals surface area contributed by atoms with Crippen LogP contribution in [0.5, 0.6) is 0 Å². The van der Waals surface area contributed by atoms with E-state index in [1.165, 1.54) is 58.2 Å². The van der Waals surface area contributed by atoms with Crippen LogP contribution in [0.3, 0.4) is 0 Å². The molecule has 0 radical (unpaired) electrons. The van der Waals surface area contributed by atoms with Gasteiger partial charge in [-0.15, -0.1) is 0 Å². The van der Waals surface area contributed by atoms with E-state index >= 15 is 0 Å². The van der Waals surface area contributed by atoms with Crippen molar-refractivity contribution >= 4 is 0 Å². The lowest BCUT2D eigenvalue weighted by Gasteiger charge is -2.30. The fraction of sp³-hybridized carbons (Fsp3) is 1.00. The molecule has 1 saturated carbocycles. The molecule has 1 aliphatic heterocycles. The van der Waals surface area contributed by atoms with Crippen LogP contribution in [0.1, 0.15) is 45.4 Å². The molecule has 0 bridgehead atoms. The molecule has 1 saturated heterocycles. The molecule has 3 nitrogen and oxygen atoms in total. The van der Waals surface area contributed by atoms with Crippen LogP contribution >= 0.6 is 0 Å². The van der Waals surface area contributed by atoms with E-state index in [4.69, 9.17) is 0 Å². The molecule has 3 atom stereocenters. The van der Waals surface area contributed by atoms with E-state index in [1.54, 1.807) is 0 Å². The van der Waals surface area contributed by atoms with E-state index in [0.29, 0.717) is 0 Å². The molecular formula is C16H33N3. The van der Waals surface area contributed by atoms with E-state index in [2.05, 4.69) is 36.1 Å². The number of hydrogen-bond donors (Lipinski definition) is 1. The van der Waals surface area contributed by atoms with Gasteiger partial charge in [0.15, 0.2) is 0 Å². The van der Waals surface area contributed by atoms with Crippen LogP contribution in [0.25, 0.3) is 0 Å². The van der Waals surface area contributed by atoms with Crippen molar-refractivity contribution in [3.63, 3.8) is 0 Å². The Kier molecular flexibility index (Phi) is 6.11. The van der Waals surface area contributed by atoms with Crippen molar-refractivity contribution < 1.29 is 0 Å². The van der Waals surface area contributed by atoms with Crippen molar-refractivity contribution in [2.24, 2.45) is 5.92 Å². The van der Waals surface area contributed by atoms with Gasteiger partial charge in [-0.05, 0) is 52.4 Å². The monoisotopic (exact) mass is 267 g/mol. The number of nitrogens with zero attached hydrogens (tertiary/aromatic N) is 2.